The summed E-state index contributed by atoms with van der Waals surface area (Å²) in [5, 5.41) is 3.64. The first kappa shape index (κ1) is 16.1. The van der Waals surface area contributed by atoms with Gasteiger partial charge >= 0.3 is 0 Å². The largest absolute Gasteiger partial charge is 0.493 e. The van der Waals surface area contributed by atoms with Crippen LogP contribution in [-0.4, -0.2) is 33.4 Å². The van der Waals surface area contributed by atoms with E-state index in [0.29, 0.717) is 6.04 Å². The highest BCUT2D eigenvalue weighted by Crippen LogP contribution is 2.32. The molecule has 0 bridgehead atoms. The van der Waals surface area contributed by atoms with Crippen molar-refractivity contribution in [1.29, 1.82) is 0 Å². The average Bonchev–Trinajstić information content (AvgIpc) is 2.72. The maximum Gasteiger partial charge on any atom is 0.161 e. The Morgan fingerprint density at radius 3 is 2.48 bits per heavy atom. The van der Waals surface area contributed by atoms with Crippen LogP contribution in [0.25, 0.3) is 0 Å². The molecule has 1 aliphatic heterocycles. The lowest BCUT2D eigenvalue weighted by Crippen LogP contribution is -2.40. The summed E-state index contributed by atoms with van der Waals surface area (Å²) < 4.78 is 16.7. The van der Waals surface area contributed by atoms with Gasteiger partial charge in [-0.2, -0.15) is 0 Å². The van der Waals surface area contributed by atoms with E-state index in [2.05, 4.69) is 26.1 Å². The molecule has 21 heavy (non-hydrogen) atoms. The van der Waals surface area contributed by atoms with Crippen molar-refractivity contribution in [2.75, 3.05) is 27.4 Å². The fourth-order valence-corrected chi connectivity index (χ4v) is 2.74. The summed E-state index contributed by atoms with van der Waals surface area (Å²) in [6.45, 7) is 8.38. The lowest BCUT2D eigenvalue weighted by atomic mass is 9.85. The summed E-state index contributed by atoms with van der Waals surface area (Å²) >= 11 is 0. The van der Waals surface area contributed by atoms with Gasteiger partial charge in [-0.3, -0.25) is 0 Å². The maximum absolute atomic E-state index is 6.03. The van der Waals surface area contributed by atoms with Crippen molar-refractivity contribution in [3.05, 3.63) is 23.8 Å². The van der Waals surface area contributed by atoms with E-state index in [-0.39, 0.29) is 11.5 Å². The standard InChI is InChI=1S/C17H27NO3/c1-17(2,3)16-8-9-21-15(11-18-16)12-6-7-13(19-4)14(10-12)20-5/h6-7,10,15-16,18H,8-9,11H2,1-5H3. The van der Waals surface area contributed by atoms with Crippen LogP contribution in [0.3, 0.4) is 0 Å². The van der Waals surface area contributed by atoms with E-state index in [1.165, 1.54) is 0 Å². The normalized spacial score (nSPS) is 23.5. The molecule has 1 heterocycles. The summed E-state index contributed by atoms with van der Waals surface area (Å²) in [7, 11) is 3.30. The monoisotopic (exact) mass is 293 g/mol. The molecule has 0 amide bonds. The molecule has 0 saturated carbocycles. The minimum Gasteiger partial charge on any atom is -0.493 e. The first-order valence-corrected chi connectivity index (χ1v) is 7.52. The Kier molecular flexibility index (Phi) is 5.12. The van der Waals surface area contributed by atoms with E-state index in [1.54, 1.807) is 14.2 Å². The molecule has 0 spiro atoms. The van der Waals surface area contributed by atoms with Crippen molar-refractivity contribution in [1.82, 2.24) is 5.32 Å². The Labute approximate surface area is 127 Å². The van der Waals surface area contributed by atoms with E-state index >= 15 is 0 Å². The first-order chi connectivity index (χ1) is 9.95. The van der Waals surface area contributed by atoms with Crippen LogP contribution in [0.2, 0.25) is 0 Å². The highest BCUT2D eigenvalue weighted by molar-refractivity contribution is 5.43. The van der Waals surface area contributed by atoms with Crippen LogP contribution >= 0.6 is 0 Å². The molecule has 4 nitrogen and oxygen atoms in total. The second kappa shape index (κ2) is 6.67. The molecule has 2 unspecified atom stereocenters. The number of hydrogen-bond donors (Lipinski definition) is 1. The Morgan fingerprint density at radius 2 is 1.86 bits per heavy atom. The third-order valence-electron chi connectivity index (χ3n) is 4.10. The van der Waals surface area contributed by atoms with Crippen LogP contribution < -0.4 is 14.8 Å². The quantitative estimate of drug-likeness (QED) is 0.929. The molecule has 2 atom stereocenters. The van der Waals surface area contributed by atoms with Gasteiger partial charge in [0, 0.05) is 19.2 Å². The molecule has 1 saturated heterocycles. The van der Waals surface area contributed by atoms with Crippen LogP contribution in [0.1, 0.15) is 38.9 Å². The minimum absolute atomic E-state index is 0.0529. The minimum atomic E-state index is 0.0529. The van der Waals surface area contributed by atoms with Crippen LogP contribution in [0.15, 0.2) is 18.2 Å². The summed E-state index contributed by atoms with van der Waals surface area (Å²) in [5.74, 6) is 1.49. The van der Waals surface area contributed by atoms with Crippen molar-refractivity contribution in [2.24, 2.45) is 5.41 Å². The molecule has 4 heteroatoms. The predicted octanol–water partition coefficient (Wildman–Crippen LogP) is 3.17. The molecular formula is C17H27NO3. The molecule has 0 aliphatic carbocycles. The molecule has 1 fully saturated rings. The van der Waals surface area contributed by atoms with Crippen molar-refractivity contribution in [3.8, 4) is 11.5 Å². The molecule has 118 valence electrons. The van der Waals surface area contributed by atoms with E-state index in [4.69, 9.17) is 14.2 Å². The third kappa shape index (κ3) is 3.89. The Bertz CT molecular complexity index is 468. The van der Waals surface area contributed by atoms with Gasteiger partial charge in [-0.05, 0) is 29.5 Å². The van der Waals surface area contributed by atoms with Gasteiger partial charge in [0.2, 0.25) is 0 Å². The van der Waals surface area contributed by atoms with E-state index in [9.17, 15) is 0 Å². The number of rotatable bonds is 3. The van der Waals surface area contributed by atoms with Crippen molar-refractivity contribution < 1.29 is 14.2 Å². The maximum atomic E-state index is 6.03. The van der Waals surface area contributed by atoms with Gasteiger partial charge in [-0.15, -0.1) is 0 Å². The zero-order valence-electron chi connectivity index (χ0n) is 13.7. The number of ether oxygens (including phenoxy) is 3. The molecule has 1 aromatic carbocycles. The van der Waals surface area contributed by atoms with Crippen molar-refractivity contribution in [3.63, 3.8) is 0 Å². The molecular weight excluding hydrogens is 266 g/mol. The van der Waals surface area contributed by atoms with Crippen LogP contribution in [-0.2, 0) is 4.74 Å². The predicted molar refractivity (Wildman–Crippen MR) is 84.1 cm³/mol. The van der Waals surface area contributed by atoms with Gasteiger partial charge in [0.05, 0.1) is 20.3 Å². The SMILES string of the molecule is COc1ccc(C2CNC(C(C)(C)C)CCO2)cc1OC. The number of nitrogens with one attached hydrogen (secondary N) is 1. The van der Waals surface area contributed by atoms with E-state index in [1.807, 2.05) is 18.2 Å². The fraction of sp³-hybridized carbons (Fsp3) is 0.647. The van der Waals surface area contributed by atoms with Gasteiger partial charge in [-0.1, -0.05) is 26.8 Å². The molecule has 0 aromatic heterocycles. The van der Waals surface area contributed by atoms with Gasteiger partial charge in [0.15, 0.2) is 11.5 Å². The Hall–Kier alpha value is -1.26. The fourth-order valence-electron chi connectivity index (χ4n) is 2.74. The van der Waals surface area contributed by atoms with Crippen LogP contribution in [0.4, 0.5) is 0 Å². The zero-order chi connectivity index (χ0) is 15.5. The van der Waals surface area contributed by atoms with Crippen molar-refractivity contribution >= 4 is 0 Å². The van der Waals surface area contributed by atoms with Crippen LogP contribution in [0, 0.1) is 5.41 Å². The topological polar surface area (TPSA) is 39.7 Å². The average molecular weight is 293 g/mol. The summed E-state index contributed by atoms with van der Waals surface area (Å²) in [4.78, 5) is 0. The van der Waals surface area contributed by atoms with Gasteiger partial charge in [0.1, 0.15) is 0 Å². The van der Waals surface area contributed by atoms with Gasteiger partial charge in [0.25, 0.3) is 0 Å². The lowest BCUT2D eigenvalue weighted by Gasteiger charge is -2.30. The Morgan fingerprint density at radius 1 is 1.14 bits per heavy atom. The zero-order valence-corrected chi connectivity index (χ0v) is 13.7. The molecule has 1 aromatic rings. The highest BCUT2D eigenvalue weighted by Gasteiger charge is 2.28. The third-order valence-corrected chi connectivity index (χ3v) is 4.10. The van der Waals surface area contributed by atoms with E-state index in [0.717, 1.165) is 36.6 Å². The molecule has 2 rings (SSSR count). The summed E-state index contributed by atoms with van der Waals surface area (Å²) in [6, 6.07) is 6.46. The highest BCUT2D eigenvalue weighted by atomic mass is 16.5. The second-order valence-corrected chi connectivity index (χ2v) is 6.59. The number of benzene rings is 1. The van der Waals surface area contributed by atoms with E-state index < -0.39 is 0 Å². The molecule has 1 aliphatic rings. The van der Waals surface area contributed by atoms with Crippen molar-refractivity contribution in [2.45, 2.75) is 39.3 Å². The first-order valence-electron chi connectivity index (χ1n) is 7.52. The lowest BCUT2D eigenvalue weighted by molar-refractivity contribution is 0.0652. The second-order valence-electron chi connectivity index (χ2n) is 6.59. The summed E-state index contributed by atoms with van der Waals surface area (Å²) in [5.41, 5.74) is 1.37. The Balaban J connectivity index is 2.12. The molecule has 0 radical (unpaired) electrons. The van der Waals surface area contributed by atoms with Crippen LogP contribution in [0.5, 0.6) is 11.5 Å². The van der Waals surface area contributed by atoms with Gasteiger partial charge in [-0.25, -0.2) is 0 Å². The van der Waals surface area contributed by atoms with Gasteiger partial charge < -0.3 is 19.5 Å². The smallest absolute Gasteiger partial charge is 0.161 e. The summed E-state index contributed by atoms with van der Waals surface area (Å²) in [6.07, 6.45) is 1.09. The molecule has 1 N–H and O–H groups in total. The number of hydrogen-bond acceptors (Lipinski definition) is 4. The number of methoxy groups -OCH3 is 2.